The lowest BCUT2D eigenvalue weighted by atomic mass is 10.1. The largest absolute Gasteiger partial charge is 0.449 e. The molecule has 0 amide bonds. The Balaban J connectivity index is 2.53. The van der Waals surface area contributed by atoms with E-state index in [0.717, 1.165) is 0 Å². The molecule has 0 atom stereocenters. The number of esters is 1. The highest BCUT2D eigenvalue weighted by Gasteiger charge is 2.29. The first-order valence-electron chi connectivity index (χ1n) is 3.41. The van der Waals surface area contributed by atoms with Crippen molar-refractivity contribution in [3.8, 4) is 0 Å². The molecule has 1 rings (SSSR count). The van der Waals surface area contributed by atoms with Crippen molar-refractivity contribution in [3.63, 3.8) is 0 Å². The molecule has 0 aromatic rings. The summed E-state index contributed by atoms with van der Waals surface area (Å²) in [5.41, 5.74) is 0.0478. The molecule has 0 unspecified atom stereocenters. The van der Waals surface area contributed by atoms with Gasteiger partial charge in [-0.3, -0.25) is 9.69 Å². The molecule has 58 valence electrons. The van der Waals surface area contributed by atoms with Crippen LogP contribution in [-0.4, -0.2) is 29.7 Å². The van der Waals surface area contributed by atoms with E-state index in [1.54, 1.807) is 0 Å². The Morgan fingerprint density at radius 1 is 1.50 bits per heavy atom. The van der Waals surface area contributed by atoms with Gasteiger partial charge in [-0.25, -0.2) is 0 Å². The third kappa shape index (κ3) is 1.48. The minimum Gasteiger partial charge on any atom is -0.449 e. The molecule has 1 aliphatic heterocycles. The fraction of sp³-hybridized carbons (Fsp3) is 0.857. The van der Waals surface area contributed by atoms with Crippen LogP contribution in [0.15, 0.2) is 0 Å². The first-order chi connectivity index (χ1) is 4.50. The summed E-state index contributed by atoms with van der Waals surface area (Å²) in [6.07, 6.45) is 0. The van der Waals surface area contributed by atoms with Gasteiger partial charge in [0.25, 0.3) is 0 Å². The molecule has 10 heavy (non-hydrogen) atoms. The Kier molecular flexibility index (Phi) is 1.68. The smallest absolute Gasteiger partial charge is 0.321 e. The zero-order valence-electron chi connectivity index (χ0n) is 6.68. The lowest BCUT2D eigenvalue weighted by molar-refractivity contribution is -0.136. The van der Waals surface area contributed by atoms with Gasteiger partial charge in [0, 0.05) is 5.54 Å². The maximum Gasteiger partial charge on any atom is 0.321 e. The molecule has 1 aliphatic rings. The van der Waals surface area contributed by atoms with Gasteiger partial charge in [-0.2, -0.15) is 0 Å². The normalized spacial score (nSPS) is 21.3. The van der Waals surface area contributed by atoms with Gasteiger partial charge in [0.15, 0.2) is 0 Å². The van der Waals surface area contributed by atoms with E-state index in [2.05, 4.69) is 20.8 Å². The zero-order valence-corrected chi connectivity index (χ0v) is 6.68. The molecule has 1 heterocycles. The van der Waals surface area contributed by atoms with E-state index in [-0.39, 0.29) is 11.5 Å². The van der Waals surface area contributed by atoms with Crippen LogP contribution in [0.1, 0.15) is 20.8 Å². The van der Waals surface area contributed by atoms with Crippen LogP contribution in [0.2, 0.25) is 0 Å². The Labute approximate surface area is 61.0 Å². The van der Waals surface area contributed by atoms with E-state index >= 15 is 0 Å². The second-order valence-corrected chi connectivity index (χ2v) is 3.51. The minimum absolute atomic E-state index is 0.0478. The first kappa shape index (κ1) is 7.54. The third-order valence-electron chi connectivity index (χ3n) is 1.65. The van der Waals surface area contributed by atoms with E-state index in [1.807, 2.05) is 4.90 Å². The molecule has 0 spiro atoms. The van der Waals surface area contributed by atoms with Gasteiger partial charge in [-0.1, -0.05) is 0 Å². The van der Waals surface area contributed by atoms with Gasteiger partial charge in [0.1, 0.15) is 13.3 Å². The molecule has 0 N–H and O–H groups in total. The molecule has 1 saturated heterocycles. The predicted octanol–water partition coefficient (Wildman–Crippen LogP) is 0.601. The summed E-state index contributed by atoms with van der Waals surface area (Å²) in [6, 6.07) is 0. The van der Waals surface area contributed by atoms with Gasteiger partial charge in [-0.15, -0.1) is 0 Å². The summed E-state index contributed by atoms with van der Waals surface area (Å²) in [6.45, 7) is 7.07. The van der Waals surface area contributed by atoms with Crippen LogP contribution in [-0.2, 0) is 9.53 Å². The number of cyclic esters (lactones) is 1. The number of hydrogen-bond donors (Lipinski definition) is 0. The van der Waals surface area contributed by atoms with Crippen LogP contribution < -0.4 is 0 Å². The first-order valence-corrected chi connectivity index (χ1v) is 3.41. The van der Waals surface area contributed by atoms with Crippen molar-refractivity contribution in [2.24, 2.45) is 0 Å². The minimum atomic E-state index is -0.116. The average Bonchev–Trinajstić information content (AvgIpc) is 2.11. The number of hydrogen-bond acceptors (Lipinski definition) is 3. The number of nitrogens with zero attached hydrogens (tertiary/aromatic N) is 1. The van der Waals surface area contributed by atoms with Crippen LogP contribution in [0.4, 0.5) is 0 Å². The highest BCUT2D eigenvalue weighted by atomic mass is 16.6. The van der Waals surface area contributed by atoms with Crippen molar-refractivity contribution in [1.82, 2.24) is 4.90 Å². The molecule has 0 saturated carbocycles. The summed E-state index contributed by atoms with van der Waals surface area (Å²) in [5.74, 6) is -0.116. The summed E-state index contributed by atoms with van der Waals surface area (Å²) in [5, 5.41) is 0. The highest BCUT2D eigenvalue weighted by Crippen LogP contribution is 2.16. The van der Waals surface area contributed by atoms with E-state index in [4.69, 9.17) is 4.74 Å². The molecule has 0 aromatic carbocycles. The van der Waals surface area contributed by atoms with Crippen LogP contribution in [0.5, 0.6) is 0 Å². The zero-order chi connectivity index (χ0) is 7.78. The van der Waals surface area contributed by atoms with Crippen molar-refractivity contribution >= 4 is 5.97 Å². The molecule has 1 fully saturated rings. The topological polar surface area (TPSA) is 29.5 Å². The summed E-state index contributed by atoms with van der Waals surface area (Å²) < 4.78 is 4.78. The van der Waals surface area contributed by atoms with Gasteiger partial charge < -0.3 is 4.74 Å². The molecule has 0 bridgehead atoms. The van der Waals surface area contributed by atoms with Gasteiger partial charge in [-0.05, 0) is 20.8 Å². The molecule has 3 heteroatoms. The molecule has 3 nitrogen and oxygen atoms in total. The fourth-order valence-corrected chi connectivity index (χ4v) is 0.828. The Hall–Kier alpha value is -0.570. The molecular formula is C7H13NO2. The van der Waals surface area contributed by atoms with Crippen LogP contribution in [0.3, 0.4) is 0 Å². The van der Waals surface area contributed by atoms with Crippen LogP contribution in [0.25, 0.3) is 0 Å². The SMILES string of the molecule is CC(C)(C)N1COC(=O)C1. The Morgan fingerprint density at radius 3 is 2.30 bits per heavy atom. The molecule has 0 aromatic heterocycles. The fourth-order valence-electron chi connectivity index (χ4n) is 0.828. The van der Waals surface area contributed by atoms with E-state index in [9.17, 15) is 4.79 Å². The highest BCUT2D eigenvalue weighted by molar-refractivity contribution is 5.73. The predicted molar refractivity (Wildman–Crippen MR) is 37.4 cm³/mol. The van der Waals surface area contributed by atoms with Gasteiger partial charge in [0.2, 0.25) is 0 Å². The van der Waals surface area contributed by atoms with E-state index in [0.29, 0.717) is 13.3 Å². The quantitative estimate of drug-likeness (QED) is 0.465. The number of rotatable bonds is 0. The second-order valence-electron chi connectivity index (χ2n) is 3.51. The monoisotopic (exact) mass is 143 g/mol. The Bertz CT molecular complexity index is 148. The molecular weight excluding hydrogens is 130 g/mol. The second kappa shape index (κ2) is 2.23. The van der Waals surface area contributed by atoms with Crippen LogP contribution in [0, 0.1) is 0 Å². The van der Waals surface area contributed by atoms with Crippen molar-refractivity contribution < 1.29 is 9.53 Å². The molecule has 0 aliphatic carbocycles. The van der Waals surface area contributed by atoms with E-state index in [1.165, 1.54) is 0 Å². The maximum atomic E-state index is 10.6. The molecule has 0 radical (unpaired) electrons. The Morgan fingerprint density at radius 2 is 2.10 bits per heavy atom. The van der Waals surface area contributed by atoms with Crippen LogP contribution >= 0.6 is 0 Å². The summed E-state index contributed by atoms with van der Waals surface area (Å²) >= 11 is 0. The van der Waals surface area contributed by atoms with Crippen molar-refractivity contribution in [1.29, 1.82) is 0 Å². The van der Waals surface area contributed by atoms with Crippen molar-refractivity contribution in [2.75, 3.05) is 13.3 Å². The summed E-state index contributed by atoms with van der Waals surface area (Å²) in [7, 11) is 0. The van der Waals surface area contributed by atoms with Crippen molar-refractivity contribution in [2.45, 2.75) is 26.3 Å². The standard InChI is InChI=1S/C7H13NO2/c1-7(2,3)8-4-6(9)10-5-8/h4-5H2,1-3H3. The number of carbonyl (C=O) groups excluding carboxylic acids is 1. The third-order valence-corrected chi connectivity index (χ3v) is 1.65. The summed E-state index contributed by atoms with van der Waals surface area (Å²) in [4.78, 5) is 12.6. The maximum absolute atomic E-state index is 10.6. The van der Waals surface area contributed by atoms with Gasteiger partial charge in [0.05, 0.1) is 0 Å². The van der Waals surface area contributed by atoms with E-state index < -0.39 is 0 Å². The van der Waals surface area contributed by atoms with Gasteiger partial charge >= 0.3 is 5.97 Å². The van der Waals surface area contributed by atoms with Crippen molar-refractivity contribution in [3.05, 3.63) is 0 Å². The number of ether oxygens (including phenoxy) is 1. The average molecular weight is 143 g/mol. The lowest BCUT2D eigenvalue weighted by Crippen LogP contribution is -2.39. The lowest BCUT2D eigenvalue weighted by Gasteiger charge is -2.28. The number of carbonyl (C=O) groups is 1.